The number of para-hydroxylation sites is 1. The van der Waals surface area contributed by atoms with Crippen LogP contribution in [0.1, 0.15) is 24.3 Å². The lowest BCUT2D eigenvalue weighted by atomic mass is 10.1. The lowest BCUT2D eigenvalue weighted by Gasteiger charge is -2.15. The van der Waals surface area contributed by atoms with Crippen LogP contribution in [-0.4, -0.2) is 15.8 Å². The molecule has 7 heteroatoms. The second-order valence-corrected chi connectivity index (χ2v) is 6.85. The molecule has 6 nitrogen and oxygen atoms in total. The number of carbonyl (C=O) groups is 1. The first kappa shape index (κ1) is 17.3. The van der Waals surface area contributed by atoms with Crippen LogP contribution in [0.3, 0.4) is 0 Å². The molecule has 3 N–H and O–H groups in total. The summed E-state index contributed by atoms with van der Waals surface area (Å²) in [5.41, 5.74) is 7.49. The third-order valence-electron chi connectivity index (χ3n) is 4.63. The highest BCUT2D eigenvalue weighted by molar-refractivity contribution is 6.32. The average Bonchev–Trinajstić information content (AvgIpc) is 3.52. The topological polar surface area (TPSA) is 90.0 Å². The van der Waals surface area contributed by atoms with Crippen LogP contribution in [0.25, 0.3) is 16.6 Å². The highest BCUT2D eigenvalue weighted by Crippen LogP contribution is 2.41. The highest BCUT2D eigenvalue weighted by Gasteiger charge is 2.25. The Kier molecular flexibility index (Phi) is 4.41. The molecule has 3 aromatic rings. The van der Waals surface area contributed by atoms with Gasteiger partial charge in [0.2, 0.25) is 0 Å². The van der Waals surface area contributed by atoms with Crippen molar-refractivity contribution in [3.63, 3.8) is 0 Å². The number of anilines is 1. The minimum absolute atomic E-state index is 0.130. The third kappa shape index (κ3) is 3.19. The van der Waals surface area contributed by atoms with Crippen molar-refractivity contribution in [1.82, 2.24) is 9.55 Å². The smallest absolute Gasteiger partial charge is 0.354 e. The Bertz CT molecular complexity index is 1130. The number of aldehydes is 1. The molecule has 0 radical (unpaired) electrons. The normalized spacial score (nSPS) is 14.3. The number of aromatic nitrogens is 2. The van der Waals surface area contributed by atoms with Gasteiger partial charge in [0.05, 0.1) is 21.9 Å². The molecular formula is C20H17ClN4O2. The minimum Gasteiger partial charge on any atom is -0.403 e. The van der Waals surface area contributed by atoms with E-state index in [9.17, 15) is 9.59 Å². The van der Waals surface area contributed by atoms with E-state index in [2.05, 4.69) is 10.3 Å². The van der Waals surface area contributed by atoms with E-state index in [1.54, 1.807) is 18.2 Å². The largest absolute Gasteiger partial charge is 0.403 e. The Labute approximate surface area is 160 Å². The fraction of sp³-hybridized carbons (Fsp3) is 0.150. The standard InChI is InChI=1S/C20H17ClN4O2/c21-16-3-1-2-4-17(16)25-18-9-13(12-5-6-12)7-8-15(18)19(24-20(25)27)23-14(10-22)11-26/h1-4,7-12H,5-6,22H2,(H,23,24,27)/b14-10-. The number of hydrogen-bond donors (Lipinski definition) is 2. The number of nitrogens with one attached hydrogen (secondary N) is 1. The van der Waals surface area contributed by atoms with Gasteiger partial charge in [0.25, 0.3) is 0 Å². The van der Waals surface area contributed by atoms with E-state index in [0.717, 1.165) is 19.0 Å². The van der Waals surface area contributed by atoms with E-state index in [4.69, 9.17) is 17.3 Å². The van der Waals surface area contributed by atoms with Crippen LogP contribution < -0.4 is 16.7 Å². The molecule has 0 unspecified atom stereocenters. The molecule has 1 heterocycles. The van der Waals surface area contributed by atoms with Gasteiger partial charge < -0.3 is 11.1 Å². The summed E-state index contributed by atoms with van der Waals surface area (Å²) < 4.78 is 1.50. The van der Waals surface area contributed by atoms with Gasteiger partial charge in [0, 0.05) is 11.6 Å². The molecule has 0 spiro atoms. The molecule has 1 aliphatic rings. The molecule has 1 aliphatic carbocycles. The van der Waals surface area contributed by atoms with Crippen LogP contribution in [0.4, 0.5) is 5.82 Å². The van der Waals surface area contributed by atoms with E-state index < -0.39 is 5.69 Å². The molecule has 0 saturated heterocycles. The van der Waals surface area contributed by atoms with Crippen LogP contribution in [0.5, 0.6) is 0 Å². The van der Waals surface area contributed by atoms with Crippen LogP contribution in [-0.2, 0) is 4.79 Å². The molecule has 0 atom stereocenters. The Morgan fingerprint density at radius 2 is 2.04 bits per heavy atom. The van der Waals surface area contributed by atoms with Gasteiger partial charge in [-0.15, -0.1) is 0 Å². The van der Waals surface area contributed by atoms with Gasteiger partial charge in [-0.05, 0) is 48.6 Å². The molecule has 1 fully saturated rings. The average molecular weight is 381 g/mol. The molecule has 136 valence electrons. The maximum absolute atomic E-state index is 12.9. The van der Waals surface area contributed by atoms with Crippen molar-refractivity contribution < 1.29 is 4.79 Å². The van der Waals surface area contributed by atoms with Crippen LogP contribution in [0.2, 0.25) is 5.02 Å². The summed E-state index contributed by atoms with van der Waals surface area (Å²) in [6.07, 6.45) is 4.00. The number of fused-ring (bicyclic) bond motifs is 1. The number of rotatable bonds is 5. The maximum Gasteiger partial charge on any atom is 0.354 e. The maximum atomic E-state index is 12.9. The van der Waals surface area contributed by atoms with Crippen molar-refractivity contribution >= 4 is 34.6 Å². The van der Waals surface area contributed by atoms with Crippen molar-refractivity contribution in [2.24, 2.45) is 5.73 Å². The van der Waals surface area contributed by atoms with E-state index in [-0.39, 0.29) is 11.5 Å². The van der Waals surface area contributed by atoms with Crippen LogP contribution in [0.15, 0.2) is 59.2 Å². The Balaban J connectivity index is 2.01. The number of halogens is 1. The van der Waals surface area contributed by atoms with Crippen molar-refractivity contribution in [3.05, 3.63) is 75.4 Å². The summed E-state index contributed by atoms with van der Waals surface area (Å²) in [6, 6.07) is 13.1. The van der Waals surface area contributed by atoms with Crippen molar-refractivity contribution in [1.29, 1.82) is 0 Å². The second kappa shape index (κ2) is 6.89. The van der Waals surface area contributed by atoms with Crippen LogP contribution in [0, 0.1) is 0 Å². The lowest BCUT2D eigenvalue weighted by molar-refractivity contribution is -0.104. The summed E-state index contributed by atoms with van der Waals surface area (Å²) in [5.74, 6) is 0.799. The first-order chi connectivity index (χ1) is 13.1. The summed E-state index contributed by atoms with van der Waals surface area (Å²) in [5, 5.41) is 3.98. The molecule has 0 bridgehead atoms. The van der Waals surface area contributed by atoms with Gasteiger partial charge in [-0.3, -0.25) is 9.36 Å². The van der Waals surface area contributed by atoms with Crippen LogP contribution >= 0.6 is 11.6 Å². The predicted molar refractivity (Wildman–Crippen MR) is 106 cm³/mol. The van der Waals surface area contributed by atoms with Gasteiger partial charge in [-0.2, -0.15) is 4.98 Å². The first-order valence-corrected chi connectivity index (χ1v) is 8.96. The van der Waals surface area contributed by atoms with Crippen molar-refractivity contribution in [2.75, 3.05) is 5.32 Å². The molecule has 27 heavy (non-hydrogen) atoms. The molecule has 2 aromatic carbocycles. The number of benzene rings is 2. The van der Waals surface area contributed by atoms with Gasteiger partial charge in [-0.25, -0.2) is 4.79 Å². The second-order valence-electron chi connectivity index (χ2n) is 6.45. The number of carbonyl (C=O) groups excluding carboxylic acids is 1. The van der Waals surface area contributed by atoms with Gasteiger partial charge in [-0.1, -0.05) is 29.8 Å². The Morgan fingerprint density at radius 3 is 2.70 bits per heavy atom. The predicted octanol–water partition coefficient (Wildman–Crippen LogP) is 3.33. The monoisotopic (exact) mass is 380 g/mol. The molecule has 4 rings (SSSR count). The molecule has 0 amide bonds. The highest BCUT2D eigenvalue weighted by atomic mass is 35.5. The fourth-order valence-corrected chi connectivity index (χ4v) is 3.34. The summed E-state index contributed by atoms with van der Waals surface area (Å²) >= 11 is 6.34. The van der Waals surface area contributed by atoms with E-state index in [0.29, 0.717) is 33.8 Å². The minimum atomic E-state index is -0.492. The summed E-state index contributed by atoms with van der Waals surface area (Å²) in [4.78, 5) is 28.1. The van der Waals surface area contributed by atoms with E-state index in [1.807, 2.05) is 24.3 Å². The third-order valence-corrected chi connectivity index (χ3v) is 4.95. The lowest BCUT2D eigenvalue weighted by Crippen LogP contribution is -2.24. The van der Waals surface area contributed by atoms with Gasteiger partial charge in [0.15, 0.2) is 6.29 Å². The van der Waals surface area contributed by atoms with Crippen molar-refractivity contribution in [3.8, 4) is 5.69 Å². The zero-order valence-corrected chi connectivity index (χ0v) is 15.1. The fourth-order valence-electron chi connectivity index (χ4n) is 3.12. The van der Waals surface area contributed by atoms with Gasteiger partial charge in [0.1, 0.15) is 5.82 Å². The number of nitrogens with zero attached hydrogens (tertiary/aromatic N) is 2. The summed E-state index contributed by atoms with van der Waals surface area (Å²) in [7, 11) is 0. The van der Waals surface area contributed by atoms with Crippen molar-refractivity contribution in [2.45, 2.75) is 18.8 Å². The van der Waals surface area contributed by atoms with E-state index >= 15 is 0 Å². The zero-order chi connectivity index (χ0) is 19.0. The molecule has 1 saturated carbocycles. The summed E-state index contributed by atoms with van der Waals surface area (Å²) in [6.45, 7) is 0. The Morgan fingerprint density at radius 1 is 1.26 bits per heavy atom. The molecular weight excluding hydrogens is 364 g/mol. The molecule has 0 aliphatic heterocycles. The zero-order valence-electron chi connectivity index (χ0n) is 14.4. The number of allylic oxidation sites excluding steroid dienone is 1. The first-order valence-electron chi connectivity index (χ1n) is 8.58. The molecule has 1 aromatic heterocycles. The van der Waals surface area contributed by atoms with E-state index in [1.165, 1.54) is 10.1 Å². The number of nitrogens with two attached hydrogens (primary N) is 1. The van der Waals surface area contributed by atoms with Gasteiger partial charge >= 0.3 is 5.69 Å². The SMILES string of the molecule is N/C=C(/C=O)Nc1nc(=O)n(-c2ccccc2Cl)c2cc(C3CC3)ccc12. The Hall–Kier alpha value is -3.12. The quantitative estimate of drug-likeness (QED) is 0.523. The number of hydrogen-bond acceptors (Lipinski definition) is 5.